The first-order valence-electron chi connectivity index (χ1n) is 10.3. The zero-order valence-electron chi connectivity index (χ0n) is 17.3. The minimum atomic E-state index is -1.12. The molecule has 2 fully saturated rings. The fourth-order valence-corrected chi connectivity index (χ4v) is 4.53. The molecule has 2 saturated heterocycles. The topological polar surface area (TPSA) is 171 Å². The number of hydrogen-bond acceptors (Lipinski definition) is 9. The monoisotopic (exact) mass is 418 g/mol. The lowest BCUT2D eigenvalue weighted by Gasteiger charge is -2.51. The lowest BCUT2D eigenvalue weighted by molar-refractivity contribution is -0.201. The van der Waals surface area contributed by atoms with Gasteiger partial charge in [0.05, 0.1) is 24.6 Å². The van der Waals surface area contributed by atoms with Crippen LogP contribution in [0.4, 0.5) is 11.8 Å². The number of imidazole rings is 1. The number of nitrogen functional groups attached to an aromatic ring is 2. The molecule has 0 bridgehead atoms. The average Bonchev–Trinajstić information content (AvgIpc) is 3.12. The molecule has 0 radical (unpaired) electrons. The SMILES string of the molecule is C[C@]1(O)COC2(CCN(C(=O)CCCN)CC2)C[C@@H]1n1cnc2c(N)nc(N)nc21. The first-order chi connectivity index (χ1) is 14.2. The van der Waals surface area contributed by atoms with Crippen LogP contribution in [0.3, 0.4) is 0 Å². The number of piperidine rings is 1. The molecule has 2 atom stereocenters. The van der Waals surface area contributed by atoms with Crippen molar-refractivity contribution < 1.29 is 14.6 Å². The molecule has 1 spiro atoms. The molecular weight excluding hydrogens is 388 g/mol. The van der Waals surface area contributed by atoms with Crippen LogP contribution in [0, 0.1) is 0 Å². The first-order valence-corrected chi connectivity index (χ1v) is 10.3. The molecule has 0 unspecified atom stereocenters. The van der Waals surface area contributed by atoms with Crippen LogP contribution >= 0.6 is 0 Å². The molecule has 1 amide bonds. The number of carbonyl (C=O) groups excluding carboxylic acids is 1. The Hall–Kier alpha value is -2.50. The lowest BCUT2D eigenvalue weighted by Crippen LogP contribution is -2.57. The summed E-state index contributed by atoms with van der Waals surface area (Å²) in [6.07, 6.45) is 4.79. The third-order valence-corrected chi connectivity index (χ3v) is 6.38. The van der Waals surface area contributed by atoms with Gasteiger partial charge in [-0.1, -0.05) is 0 Å². The van der Waals surface area contributed by atoms with Gasteiger partial charge in [0, 0.05) is 25.9 Å². The molecule has 2 aliphatic rings. The average molecular weight is 419 g/mol. The van der Waals surface area contributed by atoms with Crippen molar-refractivity contribution in [1.82, 2.24) is 24.4 Å². The van der Waals surface area contributed by atoms with Gasteiger partial charge in [-0.05, 0) is 32.7 Å². The van der Waals surface area contributed by atoms with E-state index in [1.807, 2.05) is 9.47 Å². The maximum atomic E-state index is 12.3. The zero-order valence-corrected chi connectivity index (χ0v) is 17.3. The summed E-state index contributed by atoms with van der Waals surface area (Å²) in [5.41, 5.74) is 16.7. The summed E-state index contributed by atoms with van der Waals surface area (Å²) in [5.74, 6) is 0.410. The number of rotatable bonds is 4. The third-order valence-electron chi connectivity index (χ3n) is 6.38. The summed E-state index contributed by atoms with van der Waals surface area (Å²) in [4.78, 5) is 26.8. The van der Waals surface area contributed by atoms with Gasteiger partial charge in [-0.15, -0.1) is 0 Å². The highest BCUT2D eigenvalue weighted by Gasteiger charge is 2.49. The van der Waals surface area contributed by atoms with Gasteiger partial charge in [-0.2, -0.15) is 9.97 Å². The Bertz CT molecular complexity index is 935. The molecule has 164 valence electrons. The Kier molecular flexibility index (Phi) is 5.28. The molecule has 0 saturated carbocycles. The number of ether oxygens (including phenoxy) is 1. The highest BCUT2D eigenvalue weighted by atomic mass is 16.5. The van der Waals surface area contributed by atoms with Gasteiger partial charge in [0.1, 0.15) is 11.1 Å². The Labute approximate surface area is 174 Å². The molecule has 2 aliphatic heterocycles. The van der Waals surface area contributed by atoms with Crippen molar-refractivity contribution in [3.05, 3.63) is 6.33 Å². The van der Waals surface area contributed by atoms with Crippen molar-refractivity contribution in [2.75, 3.05) is 37.7 Å². The van der Waals surface area contributed by atoms with Crippen molar-refractivity contribution in [3.8, 4) is 0 Å². The van der Waals surface area contributed by atoms with Crippen molar-refractivity contribution >= 4 is 28.8 Å². The molecule has 2 aromatic rings. The predicted molar refractivity (Wildman–Crippen MR) is 111 cm³/mol. The van der Waals surface area contributed by atoms with Crippen LogP contribution in [0.2, 0.25) is 0 Å². The highest BCUT2D eigenvalue weighted by Crippen LogP contribution is 2.44. The number of aliphatic hydroxyl groups is 1. The van der Waals surface area contributed by atoms with Crippen molar-refractivity contribution in [1.29, 1.82) is 0 Å². The molecule has 30 heavy (non-hydrogen) atoms. The van der Waals surface area contributed by atoms with Crippen molar-refractivity contribution in [2.24, 2.45) is 5.73 Å². The quantitative estimate of drug-likeness (QED) is 0.525. The van der Waals surface area contributed by atoms with Crippen LogP contribution in [0.1, 0.15) is 45.1 Å². The number of fused-ring (bicyclic) bond motifs is 1. The minimum absolute atomic E-state index is 0.0625. The fourth-order valence-electron chi connectivity index (χ4n) is 4.53. The Morgan fingerprint density at radius 1 is 1.33 bits per heavy atom. The normalized spacial score (nSPS) is 26.4. The van der Waals surface area contributed by atoms with Gasteiger partial charge in [-0.3, -0.25) is 4.79 Å². The van der Waals surface area contributed by atoms with E-state index in [-0.39, 0.29) is 30.3 Å². The van der Waals surface area contributed by atoms with E-state index < -0.39 is 11.2 Å². The van der Waals surface area contributed by atoms with Crippen LogP contribution < -0.4 is 17.2 Å². The molecule has 4 heterocycles. The number of nitrogens with zero attached hydrogens (tertiary/aromatic N) is 5. The summed E-state index contributed by atoms with van der Waals surface area (Å²) in [5, 5.41) is 11.1. The molecule has 0 aliphatic carbocycles. The molecule has 11 nitrogen and oxygen atoms in total. The maximum absolute atomic E-state index is 12.3. The number of hydrogen-bond donors (Lipinski definition) is 4. The Balaban J connectivity index is 1.56. The second-order valence-electron chi connectivity index (χ2n) is 8.61. The summed E-state index contributed by atoms with van der Waals surface area (Å²) in [6, 6.07) is -0.329. The van der Waals surface area contributed by atoms with Gasteiger partial charge in [0.2, 0.25) is 11.9 Å². The first kappa shape index (κ1) is 20.8. The largest absolute Gasteiger partial charge is 0.386 e. The van der Waals surface area contributed by atoms with Gasteiger partial charge < -0.3 is 36.5 Å². The number of amides is 1. The standard InChI is InChI=1S/C19H30N8O3/c1-18(29)10-30-19(4-7-26(8-5-19)13(28)3-2-6-20)9-12(18)27-11-23-14-15(21)24-17(22)25-16(14)27/h11-12,29H,2-10,20H2,1H3,(H4,21,22,24,25)/t12-,18-/m0/s1. The van der Waals surface area contributed by atoms with Gasteiger partial charge in [0.15, 0.2) is 11.5 Å². The van der Waals surface area contributed by atoms with E-state index >= 15 is 0 Å². The smallest absolute Gasteiger partial charge is 0.224 e. The number of likely N-dealkylation sites (tertiary alicyclic amines) is 1. The number of aromatic nitrogens is 4. The van der Waals surface area contributed by atoms with E-state index in [0.717, 1.165) is 0 Å². The maximum Gasteiger partial charge on any atom is 0.224 e. The van der Waals surface area contributed by atoms with E-state index in [1.54, 1.807) is 13.3 Å². The third kappa shape index (κ3) is 3.68. The van der Waals surface area contributed by atoms with Gasteiger partial charge in [-0.25, -0.2) is 4.98 Å². The molecule has 11 heteroatoms. The molecule has 0 aromatic carbocycles. The van der Waals surface area contributed by atoms with Gasteiger partial charge >= 0.3 is 0 Å². The molecular formula is C19H30N8O3. The summed E-state index contributed by atoms with van der Waals surface area (Å²) >= 11 is 0. The zero-order chi connectivity index (χ0) is 21.5. The van der Waals surface area contributed by atoms with E-state index in [9.17, 15) is 9.90 Å². The summed E-state index contributed by atoms with van der Waals surface area (Å²) in [7, 11) is 0. The molecule has 7 N–H and O–H groups in total. The highest BCUT2D eigenvalue weighted by molar-refractivity contribution is 5.82. The number of carbonyl (C=O) groups is 1. The summed E-state index contributed by atoms with van der Waals surface area (Å²) < 4.78 is 8.02. The minimum Gasteiger partial charge on any atom is -0.386 e. The van der Waals surface area contributed by atoms with E-state index in [1.165, 1.54) is 0 Å². The van der Waals surface area contributed by atoms with Crippen molar-refractivity contribution in [3.63, 3.8) is 0 Å². The van der Waals surface area contributed by atoms with E-state index in [0.29, 0.717) is 62.9 Å². The fraction of sp³-hybridized carbons (Fsp3) is 0.684. The number of anilines is 2. The van der Waals surface area contributed by atoms with Crippen molar-refractivity contribution in [2.45, 2.75) is 56.3 Å². The van der Waals surface area contributed by atoms with Crippen LogP contribution in [0.5, 0.6) is 0 Å². The molecule has 2 aromatic heterocycles. The predicted octanol–water partition coefficient (Wildman–Crippen LogP) is -0.197. The Morgan fingerprint density at radius 3 is 2.77 bits per heavy atom. The second-order valence-corrected chi connectivity index (χ2v) is 8.61. The second kappa shape index (κ2) is 7.64. The number of nitrogens with two attached hydrogens (primary N) is 3. The Morgan fingerprint density at radius 2 is 2.07 bits per heavy atom. The molecule has 4 rings (SSSR count). The van der Waals surface area contributed by atoms with Crippen LogP contribution in [0.25, 0.3) is 11.2 Å². The van der Waals surface area contributed by atoms with E-state index in [2.05, 4.69) is 15.0 Å². The van der Waals surface area contributed by atoms with Gasteiger partial charge in [0.25, 0.3) is 0 Å². The van der Waals surface area contributed by atoms with Crippen LogP contribution in [-0.2, 0) is 9.53 Å². The summed E-state index contributed by atoms with van der Waals surface area (Å²) in [6.45, 7) is 3.70. The van der Waals surface area contributed by atoms with Crippen LogP contribution in [-0.4, -0.2) is 72.9 Å². The van der Waals surface area contributed by atoms with E-state index in [4.69, 9.17) is 21.9 Å². The lowest BCUT2D eigenvalue weighted by atomic mass is 9.77. The van der Waals surface area contributed by atoms with Crippen LogP contribution in [0.15, 0.2) is 6.33 Å².